The van der Waals surface area contributed by atoms with E-state index in [-0.39, 0.29) is 0 Å². The van der Waals surface area contributed by atoms with Gasteiger partial charge < -0.3 is 15.0 Å². The summed E-state index contributed by atoms with van der Waals surface area (Å²) in [5.41, 5.74) is 0. The summed E-state index contributed by atoms with van der Waals surface area (Å²) < 4.78 is 5.35. The van der Waals surface area contributed by atoms with E-state index in [4.69, 9.17) is 4.74 Å². The molecular weight excluding hydrogens is 204 g/mol. The van der Waals surface area contributed by atoms with E-state index in [2.05, 4.69) is 20.2 Å². The zero-order valence-electron chi connectivity index (χ0n) is 9.81. The van der Waals surface area contributed by atoms with E-state index < -0.39 is 0 Å². The summed E-state index contributed by atoms with van der Waals surface area (Å²) in [5, 5.41) is 3.02. The number of aromatic nitrogens is 2. The monoisotopic (exact) mass is 222 g/mol. The Labute approximate surface area is 95.8 Å². The smallest absolute Gasteiger partial charge is 0.134 e. The van der Waals surface area contributed by atoms with E-state index in [1.54, 1.807) is 13.4 Å². The van der Waals surface area contributed by atoms with Crippen LogP contribution >= 0.6 is 0 Å². The van der Waals surface area contributed by atoms with Gasteiger partial charge >= 0.3 is 0 Å². The summed E-state index contributed by atoms with van der Waals surface area (Å²) in [6.07, 6.45) is 4.14. The zero-order chi connectivity index (χ0) is 11.4. The van der Waals surface area contributed by atoms with Gasteiger partial charge in [0.15, 0.2) is 0 Å². The van der Waals surface area contributed by atoms with E-state index in [9.17, 15) is 0 Å². The van der Waals surface area contributed by atoms with Gasteiger partial charge in [-0.1, -0.05) is 0 Å². The highest BCUT2D eigenvalue weighted by Gasteiger charge is 2.19. The van der Waals surface area contributed by atoms with Crippen molar-refractivity contribution >= 4 is 11.6 Å². The third-order valence-electron chi connectivity index (χ3n) is 3.01. The molecule has 1 N–H and O–H groups in total. The molecule has 0 amide bonds. The molecule has 16 heavy (non-hydrogen) atoms. The van der Waals surface area contributed by atoms with Crippen molar-refractivity contribution in [2.75, 3.05) is 37.5 Å². The van der Waals surface area contributed by atoms with Gasteiger partial charge in [-0.15, -0.1) is 0 Å². The Hall–Kier alpha value is -1.36. The van der Waals surface area contributed by atoms with Crippen LogP contribution in [-0.4, -0.2) is 43.3 Å². The largest absolute Gasteiger partial charge is 0.381 e. The fourth-order valence-corrected chi connectivity index (χ4v) is 1.98. The molecule has 1 saturated heterocycles. The van der Waals surface area contributed by atoms with Gasteiger partial charge in [0.25, 0.3) is 0 Å². The first-order valence-electron chi connectivity index (χ1n) is 5.61. The van der Waals surface area contributed by atoms with Gasteiger partial charge in [0.05, 0.1) is 6.10 Å². The van der Waals surface area contributed by atoms with Gasteiger partial charge in [0, 0.05) is 33.3 Å². The van der Waals surface area contributed by atoms with Crippen LogP contribution in [0.25, 0.3) is 0 Å². The molecule has 2 rings (SSSR count). The van der Waals surface area contributed by atoms with Crippen molar-refractivity contribution in [1.29, 1.82) is 0 Å². The lowest BCUT2D eigenvalue weighted by molar-refractivity contribution is 0.0818. The van der Waals surface area contributed by atoms with E-state index >= 15 is 0 Å². The number of rotatable bonds is 3. The van der Waals surface area contributed by atoms with Crippen LogP contribution in [0.1, 0.15) is 12.8 Å². The number of nitrogens with zero attached hydrogens (tertiary/aromatic N) is 3. The van der Waals surface area contributed by atoms with Crippen molar-refractivity contribution in [2.24, 2.45) is 0 Å². The van der Waals surface area contributed by atoms with Crippen molar-refractivity contribution in [3.63, 3.8) is 0 Å². The molecule has 1 aliphatic heterocycles. The highest BCUT2D eigenvalue weighted by Crippen LogP contribution is 2.20. The summed E-state index contributed by atoms with van der Waals surface area (Å²) in [6.45, 7) is 2.00. The maximum Gasteiger partial charge on any atom is 0.134 e. The third kappa shape index (κ3) is 2.41. The number of hydrogen-bond donors (Lipinski definition) is 1. The fraction of sp³-hybridized carbons (Fsp3) is 0.636. The van der Waals surface area contributed by atoms with Crippen LogP contribution in [-0.2, 0) is 4.74 Å². The first-order valence-corrected chi connectivity index (χ1v) is 5.61. The van der Waals surface area contributed by atoms with Crippen molar-refractivity contribution < 1.29 is 4.74 Å². The Morgan fingerprint density at radius 3 is 2.75 bits per heavy atom. The Morgan fingerprint density at radius 1 is 1.38 bits per heavy atom. The molecule has 0 spiro atoms. The minimum Gasteiger partial charge on any atom is -0.381 e. The number of piperidine rings is 1. The average Bonchev–Trinajstić information content (AvgIpc) is 2.39. The number of hydrogen-bond acceptors (Lipinski definition) is 5. The van der Waals surface area contributed by atoms with Crippen molar-refractivity contribution in [3.8, 4) is 0 Å². The fourth-order valence-electron chi connectivity index (χ4n) is 1.98. The second-order valence-corrected chi connectivity index (χ2v) is 3.93. The van der Waals surface area contributed by atoms with Gasteiger partial charge in [-0.05, 0) is 12.8 Å². The molecular formula is C11H18N4O. The predicted molar refractivity (Wildman–Crippen MR) is 63.8 cm³/mol. The van der Waals surface area contributed by atoms with Gasteiger partial charge in [0.2, 0.25) is 0 Å². The molecule has 1 fully saturated rings. The van der Waals surface area contributed by atoms with Crippen LogP contribution in [0.15, 0.2) is 12.4 Å². The lowest BCUT2D eigenvalue weighted by Crippen LogP contribution is -2.37. The summed E-state index contributed by atoms with van der Waals surface area (Å²) in [7, 11) is 3.65. The number of anilines is 2. The number of ether oxygens (including phenoxy) is 1. The lowest BCUT2D eigenvalue weighted by Gasteiger charge is -2.32. The van der Waals surface area contributed by atoms with Crippen LogP contribution in [0.4, 0.5) is 11.6 Å². The molecule has 0 atom stereocenters. The molecule has 88 valence electrons. The number of nitrogens with one attached hydrogen (secondary N) is 1. The predicted octanol–water partition coefficient (Wildman–Crippen LogP) is 1.13. The highest BCUT2D eigenvalue weighted by atomic mass is 16.5. The van der Waals surface area contributed by atoms with Crippen LogP contribution in [0.2, 0.25) is 0 Å². The SMILES string of the molecule is CNc1cc(N2CCC(OC)CC2)ncn1. The molecule has 2 heterocycles. The lowest BCUT2D eigenvalue weighted by atomic mass is 10.1. The summed E-state index contributed by atoms with van der Waals surface area (Å²) >= 11 is 0. The minimum absolute atomic E-state index is 0.404. The van der Waals surface area contributed by atoms with E-state index in [0.29, 0.717) is 6.10 Å². The summed E-state index contributed by atoms with van der Waals surface area (Å²) in [4.78, 5) is 10.7. The van der Waals surface area contributed by atoms with Gasteiger partial charge in [-0.25, -0.2) is 9.97 Å². The molecule has 0 aliphatic carbocycles. The first kappa shape index (κ1) is 11.1. The molecule has 0 aromatic carbocycles. The van der Waals surface area contributed by atoms with Gasteiger partial charge in [0.1, 0.15) is 18.0 Å². The quantitative estimate of drug-likeness (QED) is 0.831. The second kappa shape index (κ2) is 5.12. The highest BCUT2D eigenvalue weighted by molar-refractivity contribution is 5.48. The third-order valence-corrected chi connectivity index (χ3v) is 3.01. The Bertz CT molecular complexity index is 337. The molecule has 5 heteroatoms. The molecule has 0 saturated carbocycles. The molecule has 0 radical (unpaired) electrons. The minimum atomic E-state index is 0.404. The Morgan fingerprint density at radius 2 is 2.12 bits per heavy atom. The van der Waals surface area contributed by atoms with E-state index in [1.165, 1.54) is 0 Å². The van der Waals surface area contributed by atoms with E-state index in [0.717, 1.165) is 37.6 Å². The van der Waals surface area contributed by atoms with Gasteiger partial charge in [-0.3, -0.25) is 0 Å². The molecule has 1 aliphatic rings. The van der Waals surface area contributed by atoms with Crippen molar-refractivity contribution in [1.82, 2.24) is 9.97 Å². The van der Waals surface area contributed by atoms with Crippen molar-refractivity contribution in [3.05, 3.63) is 12.4 Å². The first-order chi connectivity index (χ1) is 7.83. The topological polar surface area (TPSA) is 50.3 Å². The maximum absolute atomic E-state index is 5.35. The van der Waals surface area contributed by atoms with Gasteiger partial charge in [-0.2, -0.15) is 0 Å². The number of methoxy groups -OCH3 is 1. The Kier molecular flexibility index (Phi) is 3.56. The normalized spacial score (nSPS) is 17.5. The van der Waals surface area contributed by atoms with E-state index in [1.807, 2.05) is 13.1 Å². The molecule has 0 unspecified atom stereocenters. The van der Waals surface area contributed by atoms with Crippen LogP contribution < -0.4 is 10.2 Å². The second-order valence-electron chi connectivity index (χ2n) is 3.93. The van der Waals surface area contributed by atoms with Crippen LogP contribution in [0, 0.1) is 0 Å². The standard InChI is InChI=1S/C11H18N4O/c1-12-10-7-11(14-8-13-10)15-5-3-9(16-2)4-6-15/h7-9H,3-6H2,1-2H3,(H,12,13,14). The zero-order valence-corrected chi connectivity index (χ0v) is 9.81. The average molecular weight is 222 g/mol. The molecule has 0 bridgehead atoms. The molecule has 1 aromatic rings. The molecule has 5 nitrogen and oxygen atoms in total. The summed E-state index contributed by atoms with van der Waals surface area (Å²) in [6, 6.07) is 1.98. The Balaban J connectivity index is 2.02. The van der Waals surface area contributed by atoms with Crippen LogP contribution in [0.5, 0.6) is 0 Å². The molecule has 1 aromatic heterocycles. The maximum atomic E-state index is 5.35. The van der Waals surface area contributed by atoms with Crippen LogP contribution in [0.3, 0.4) is 0 Å². The summed E-state index contributed by atoms with van der Waals surface area (Å²) in [5.74, 6) is 1.85. The van der Waals surface area contributed by atoms with Crippen molar-refractivity contribution in [2.45, 2.75) is 18.9 Å².